The van der Waals surface area contributed by atoms with Crippen molar-refractivity contribution in [1.29, 1.82) is 0 Å². The van der Waals surface area contributed by atoms with Crippen molar-refractivity contribution in [2.45, 2.75) is 25.8 Å². The predicted octanol–water partition coefficient (Wildman–Crippen LogP) is 4.14. The van der Waals surface area contributed by atoms with Crippen LogP contribution in [-0.4, -0.2) is 51.7 Å². The van der Waals surface area contributed by atoms with Gasteiger partial charge in [0.1, 0.15) is 5.82 Å². The largest absolute Gasteiger partial charge is 0.338 e. The summed E-state index contributed by atoms with van der Waals surface area (Å²) in [7, 11) is 0. The average Bonchev–Trinajstić information content (AvgIpc) is 3.44. The molecule has 1 atom stereocenters. The second kappa shape index (κ2) is 8.27. The molecule has 2 aliphatic rings. The molecule has 2 aliphatic heterocycles. The van der Waals surface area contributed by atoms with Gasteiger partial charge >= 0.3 is 0 Å². The summed E-state index contributed by atoms with van der Waals surface area (Å²) in [4.78, 5) is 17.6. The number of halogens is 1. The van der Waals surface area contributed by atoms with E-state index in [2.05, 4.69) is 10.00 Å². The molecule has 2 saturated heterocycles. The summed E-state index contributed by atoms with van der Waals surface area (Å²) in [5.74, 6) is -0.130. The molecule has 31 heavy (non-hydrogen) atoms. The van der Waals surface area contributed by atoms with Crippen LogP contribution in [0.3, 0.4) is 0 Å². The van der Waals surface area contributed by atoms with Gasteiger partial charge in [-0.05, 0) is 55.6 Å². The number of benzene rings is 2. The van der Waals surface area contributed by atoms with Crippen molar-refractivity contribution in [1.82, 2.24) is 19.6 Å². The van der Waals surface area contributed by atoms with Gasteiger partial charge in [-0.15, -0.1) is 0 Å². The van der Waals surface area contributed by atoms with E-state index in [1.54, 1.807) is 10.9 Å². The van der Waals surface area contributed by atoms with Gasteiger partial charge in [0.2, 0.25) is 0 Å². The third-order valence-corrected chi connectivity index (χ3v) is 6.64. The lowest BCUT2D eigenvalue weighted by Crippen LogP contribution is -2.45. The number of hydrogen-bond acceptors (Lipinski definition) is 3. The molecular formula is C25H27FN4O. The number of nitrogens with zero attached hydrogens (tertiary/aromatic N) is 4. The number of carbonyl (C=O) groups is 1. The highest BCUT2D eigenvalue weighted by Crippen LogP contribution is 2.39. The first-order valence-electron chi connectivity index (χ1n) is 11.0. The van der Waals surface area contributed by atoms with Gasteiger partial charge in [-0.25, -0.2) is 9.07 Å². The van der Waals surface area contributed by atoms with E-state index in [0.29, 0.717) is 5.56 Å². The minimum atomic E-state index is -0.195. The van der Waals surface area contributed by atoms with E-state index in [1.807, 2.05) is 53.6 Å². The van der Waals surface area contributed by atoms with Crippen molar-refractivity contribution in [3.8, 4) is 5.69 Å². The van der Waals surface area contributed by atoms with Gasteiger partial charge in [0.25, 0.3) is 5.91 Å². The van der Waals surface area contributed by atoms with Crippen LogP contribution in [0.1, 0.15) is 35.2 Å². The molecule has 3 heterocycles. The lowest BCUT2D eigenvalue weighted by molar-refractivity contribution is 0.0675. The van der Waals surface area contributed by atoms with Gasteiger partial charge in [-0.2, -0.15) is 5.10 Å². The number of hydrogen-bond donors (Lipinski definition) is 0. The number of piperidine rings is 1. The molecule has 1 amide bonds. The minimum absolute atomic E-state index is 0.0646. The normalized spacial score (nSPS) is 21.6. The van der Waals surface area contributed by atoms with Gasteiger partial charge in [0.05, 0.1) is 17.4 Å². The van der Waals surface area contributed by atoms with Crippen molar-refractivity contribution in [2.75, 3.05) is 26.2 Å². The highest BCUT2D eigenvalue weighted by Gasteiger charge is 2.43. The first-order valence-corrected chi connectivity index (χ1v) is 11.0. The van der Waals surface area contributed by atoms with Crippen molar-refractivity contribution >= 4 is 5.91 Å². The Morgan fingerprint density at radius 3 is 2.61 bits per heavy atom. The van der Waals surface area contributed by atoms with Crippen LogP contribution in [0.5, 0.6) is 0 Å². The fourth-order valence-corrected chi connectivity index (χ4v) is 5.07. The summed E-state index contributed by atoms with van der Waals surface area (Å²) in [5.41, 5.74) is 2.88. The fraction of sp³-hybridized carbons (Fsp3) is 0.360. The number of amides is 1. The molecule has 0 saturated carbocycles. The van der Waals surface area contributed by atoms with Crippen LogP contribution in [0.2, 0.25) is 0 Å². The molecule has 1 aromatic heterocycles. The topological polar surface area (TPSA) is 41.4 Å². The quantitative estimate of drug-likeness (QED) is 0.640. The maximum absolute atomic E-state index is 13.2. The number of likely N-dealkylation sites (tertiary alicyclic amines) is 2. The first-order chi connectivity index (χ1) is 15.1. The molecular weight excluding hydrogens is 391 g/mol. The van der Waals surface area contributed by atoms with Gasteiger partial charge < -0.3 is 4.90 Å². The summed E-state index contributed by atoms with van der Waals surface area (Å²) in [6, 6.07) is 16.6. The Bertz CT molecular complexity index is 1050. The predicted molar refractivity (Wildman–Crippen MR) is 117 cm³/mol. The SMILES string of the molecule is O=C(c1cnn(-c2ccccc2)c1)N1CC[C@@]2(CCCN(Cc3ccc(F)cc3)C2)C1. The first kappa shape index (κ1) is 19.9. The highest BCUT2D eigenvalue weighted by molar-refractivity contribution is 5.94. The Morgan fingerprint density at radius 2 is 1.81 bits per heavy atom. The minimum Gasteiger partial charge on any atom is -0.338 e. The molecule has 3 aromatic rings. The van der Waals surface area contributed by atoms with Crippen LogP contribution in [0.15, 0.2) is 67.0 Å². The van der Waals surface area contributed by atoms with E-state index >= 15 is 0 Å². The average molecular weight is 419 g/mol. The van der Waals surface area contributed by atoms with Crippen molar-refractivity contribution in [3.05, 3.63) is 83.9 Å². The number of carbonyl (C=O) groups excluding carboxylic acids is 1. The Labute approximate surface area is 182 Å². The van der Waals surface area contributed by atoms with Crippen molar-refractivity contribution in [2.24, 2.45) is 5.41 Å². The van der Waals surface area contributed by atoms with E-state index < -0.39 is 0 Å². The van der Waals surface area contributed by atoms with Crippen LogP contribution in [0.4, 0.5) is 4.39 Å². The second-order valence-corrected chi connectivity index (χ2v) is 8.93. The molecule has 160 valence electrons. The summed E-state index contributed by atoms with van der Waals surface area (Å²) >= 11 is 0. The number of para-hydroxylation sites is 1. The van der Waals surface area contributed by atoms with Crippen LogP contribution in [0.25, 0.3) is 5.69 Å². The maximum atomic E-state index is 13.2. The third kappa shape index (κ3) is 4.26. The standard InChI is InChI=1S/C25H27FN4O/c26-22-9-7-20(8-10-22)16-28-13-4-11-25(18-28)12-14-29(19-25)24(31)21-15-27-30(17-21)23-5-2-1-3-6-23/h1-3,5-10,15,17H,4,11-14,16,18-19H2/t25-/m1/s1. The van der Waals surface area contributed by atoms with Gasteiger partial charge in [-0.3, -0.25) is 9.69 Å². The maximum Gasteiger partial charge on any atom is 0.257 e. The zero-order valence-electron chi connectivity index (χ0n) is 17.6. The molecule has 0 radical (unpaired) electrons. The number of rotatable bonds is 4. The number of aromatic nitrogens is 2. The molecule has 0 unspecified atom stereocenters. The van der Waals surface area contributed by atoms with Gasteiger partial charge in [0, 0.05) is 37.8 Å². The lowest BCUT2D eigenvalue weighted by atomic mass is 9.79. The van der Waals surface area contributed by atoms with Crippen molar-refractivity contribution in [3.63, 3.8) is 0 Å². The van der Waals surface area contributed by atoms with Crippen molar-refractivity contribution < 1.29 is 9.18 Å². The Hall–Kier alpha value is -2.99. The van der Waals surface area contributed by atoms with Gasteiger partial charge in [-0.1, -0.05) is 30.3 Å². The Morgan fingerprint density at radius 1 is 1.00 bits per heavy atom. The molecule has 1 spiro atoms. The summed E-state index contributed by atoms with van der Waals surface area (Å²) in [6.07, 6.45) is 6.81. The van der Waals surface area contributed by atoms with Crippen LogP contribution in [0, 0.1) is 11.2 Å². The summed E-state index contributed by atoms with van der Waals surface area (Å²) in [6.45, 7) is 4.45. The molecule has 5 nitrogen and oxygen atoms in total. The molecule has 2 aromatic carbocycles. The van der Waals surface area contributed by atoms with E-state index in [-0.39, 0.29) is 17.1 Å². The molecule has 0 N–H and O–H groups in total. The van der Waals surface area contributed by atoms with E-state index in [1.165, 1.54) is 12.1 Å². The van der Waals surface area contributed by atoms with Gasteiger partial charge in [0.15, 0.2) is 0 Å². The molecule has 0 aliphatic carbocycles. The van der Waals surface area contributed by atoms with E-state index in [9.17, 15) is 9.18 Å². The monoisotopic (exact) mass is 418 g/mol. The molecule has 0 bridgehead atoms. The summed E-state index contributed by atoms with van der Waals surface area (Å²) in [5, 5.41) is 4.38. The fourth-order valence-electron chi connectivity index (χ4n) is 5.07. The van der Waals surface area contributed by atoms with Crippen LogP contribution >= 0.6 is 0 Å². The molecule has 5 rings (SSSR count). The second-order valence-electron chi connectivity index (χ2n) is 8.93. The van der Waals surface area contributed by atoms with Crippen LogP contribution in [-0.2, 0) is 6.54 Å². The zero-order chi connectivity index (χ0) is 21.3. The Kier molecular flexibility index (Phi) is 5.32. The molecule has 6 heteroatoms. The van der Waals surface area contributed by atoms with E-state index in [4.69, 9.17) is 0 Å². The molecule has 2 fully saturated rings. The Balaban J connectivity index is 1.24. The van der Waals surface area contributed by atoms with E-state index in [0.717, 1.165) is 63.2 Å². The van der Waals surface area contributed by atoms with Crippen LogP contribution < -0.4 is 0 Å². The zero-order valence-corrected chi connectivity index (χ0v) is 17.6. The highest BCUT2D eigenvalue weighted by atomic mass is 19.1. The smallest absolute Gasteiger partial charge is 0.257 e. The lowest BCUT2D eigenvalue weighted by Gasteiger charge is -2.40. The summed E-state index contributed by atoms with van der Waals surface area (Å²) < 4.78 is 15.0. The third-order valence-electron chi connectivity index (χ3n) is 6.64.